The van der Waals surface area contributed by atoms with E-state index in [9.17, 15) is 4.79 Å². The van der Waals surface area contributed by atoms with Gasteiger partial charge in [0, 0.05) is 13.2 Å². The van der Waals surface area contributed by atoms with Gasteiger partial charge < -0.3 is 10.1 Å². The van der Waals surface area contributed by atoms with E-state index in [0.29, 0.717) is 18.2 Å². The molecule has 0 saturated heterocycles. The minimum Gasteiger partial charge on any atom is -0.378 e. The molecule has 19 heavy (non-hydrogen) atoms. The van der Waals surface area contributed by atoms with E-state index in [-0.39, 0.29) is 11.6 Å². The molecule has 2 aromatic rings. The quantitative estimate of drug-likeness (QED) is 0.862. The van der Waals surface area contributed by atoms with E-state index in [1.807, 2.05) is 37.3 Å². The van der Waals surface area contributed by atoms with Gasteiger partial charge in [0.2, 0.25) is 5.95 Å². The Balaban J connectivity index is 2.17. The number of aromatic amines is 1. The van der Waals surface area contributed by atoms with Crippen LogP contribution in [0.3, 0.4) is 0 Å². The van der Waals surface area contributed by atoms with Crippen LogP contribution in [0.15, 0.2) is 41.2 Å². The third-order valence-electron chi connectivity index (χ3n) is 2.74. The van der Waals surface area contributed by atoms with E-state index in [1.165, 1.54) is 6.07 Å². The predicted molar refractivity (Wildman–Crippen MR) is 74.1 cm³/mol. The van der Waals surface area contributed by atoms with E-state index in [0.717, 1.165) is 5.56 Å². The number of benzene rings is 1. The summed E-state index contributed by atoms with van der Waals surface area (Å²) in [7, 11) is 1.57. The van der Waals surface area contributed by atoms with E-state index in [4.69, 9.17) is 4.74 Å². The van der Waals surface area contributed by atoms with Crippen molar-refractivity contribution in [3.05, 3.63) is 58.0 Å². The number of nitrogens with one attached hydrogen (secondary N) is 2. The number of rotatable bonds is 5. The minimum atomic E-state index is -0.190. The summed E-state index contributed by atoms with van der Waals surface area (Å²) in [6, 6.07) is 11.5. The Morgan fingerprint density at radius 1 is 1.37 bits per heavy atom. The van der Waals surface area contributed by atoms with Crippen molar-refractivity contribution in [2.75, 3.05) is 12.4 Å². The third kappa shape index (κ3) is 3.66. The van der Waals surface area contributed by atoms with Crippen molar-refractivity contribution in [3.63, 3.8) is 0 Å². The fourth-order valence-electron chi connectivity index (χ4n) is 1.83. The Morgan fingerprint density at radius 3 is 2.79 bits per heavy atom. The van der Waals surface area contributed by atoms with Crippen LogP contribution in [-0.2, 0) is 11.3 Å². The van der Waals surface area contributed by atoms with Gasteiger partial charge in [0.05, 0.1) is 18.3 Å². The van der Waals surface area contributed by atoms with Crippen molar-refractivity contribution in [2.45, 2.75) is 19.6 Å². The second-order valence-electron chi connectivity index (χ2n) is 4.30. The molecule has 0 aliphatic rings. The maximum absolute atomic E-state index is 11.5. The maximum atomic E-state index is 11.5. The molecule has 100 valence electrons. The molecule has 0 aliphatic heterocycles. The number of ether oxygens (including phenoxy) is 1. The molecule has 0 aliphatic carbocycles. The number of aromatic nitrogens is 2. The Hall–Kier alpha value is -2.14. The zero-order valence-electron chi connectivity index (χ0n) is 11.0. The molecule has 0 saturated carbocycles. The zero-order chi connectivity index (χ0) is 13.7. The lowest BCUT2D eigenvalue weighted by molar-refractivity contribution is 0.181. The molecule has 1 atom stereocenters. The summed E-state index contributed by atoms with van der Waals surface area (Å²) in [6.07, 6.45) is 0. The molecule has 2 N–H and O–H groups in total. The van der Waals surface area contributed by atoms with Crippen LogP contribution >= 0.6 is 0 Å². The molecule has 0 amide bonds. The van der Waals surface area contributed by atoms with Crippen LogP contribution < -0.4 is 10.9 Å². The second kappa shape index (κ2) is 6.15. The van der Waals surface area contributed by atoms with E-state index in [1.54, 1.807) is 7.11 Å². The van der Waals surface area contributed by atoms with Gasteiger partial charge >= 0.3 is 0 Å². The molecule has 0 radical (unpaired) electrons. The van der Waals surface area contributed by atoms with Gasteiger partial charge in [-0.05, 0) is 12.5 Å². The zero-order valence-corrected chi connectivity index (χ0v) is 11.0. The van der Waals surface area contributed by atoms with Crippen molar-refractivity contribution < 1.29 is 4.74 Å². The summed E-state index contributed by atoms with van der Waals surface area (Å²) in [5.74, 6) is 0.455. The topological polar surface area (TPSA) is 67.0 Å². The molecule has 1 aromatic heterocycles. The molecule has 0 bridgehead atoms. The molecule has 0 fully saturated rings. The number of H-pyrrole nitrogens is 1. The summed E-state index contributed by atoms with van der Waals surface area (Å²) >= 11 is 0. The number of nitrogens with zero attached hydrogens (tertiary/aromatic N) is 1. The van der Waals surface area contributed by atoms with Crippen LogP contribution in [-0.4, -0.2) is 17.1 Å². The van der Waals surface area contributed by atoms with Gasteiger partial charge in [0.15, 0.2) is 0 Å². The van der Waals surface area contributed by atoms with Crippen LogP contribution in [0.1, 0.15) is 24.2 Å². The Kier molecular flexibility index (Phi) is 4.30. The van der Waals surface area contributed by atoms with Crippen LogP contribution in [0.4, 0.5) is 5.95 Å². The monoisotopic (exact) mass is 259 g/mol. The number of hydrogen-bond acceptors (Lipinski definition) is 4. The van der Waals surface area contributed by atoms with Crippen molar-refractivity contribution in [2.24, 2.45) is 0 Å². The van der Waals surface area contributed by atoms with E-state index >= 15 is 0 Å². The molecule has 5 nitrogen and oxygen atoms in total. The van der Waals surface area contributed by atoms with E-state index in [2.05, 4.69) is 15.3 Å². The molecule has 1 aromatic carbocycles. The standard InChI is InChI=1S/C14H17N3O2/c1-10(11-6-4-3-5-7-11)15-14-16-12(9-19-2)8-13(18)17-14/h3-8,10H,9H2,1-2H3,(H2,15,16,17,18). The Morgan fingerprint density at radius 2 is 2.11 bits per heavy atom. The number of anilines is 1. The molecular formula is C14H17N3O2. The van der Waals surface area contributed by atoms with Gasteiger partial charge in [0.25, 0.3) is 5.56 Å². The maximum Gasteiger partial charge on any atom is 0.252 e. The molecule has 1 unspecified atom stereocenters. The van der Waals surface area contributed by atoms with Gasteiger partial charge in [-0.1, -0.05) is 30.3 Å². The number of hydrogen-bond donors (Lipinski definition) is 2. The highest BCUT2D eigenvalue weighted by atomic mass is 16.5. The summed E-state index contributed by atoms with van der Waals surface area (Å²) < 4.78 is 4.98. The second-order valence-corrected chi connectivity index (χ2v) is 4.30. The lowest BCUT2D eigenvalue weighted by Crippen LogP contribution is -2.16. The first-order valence-corrected chi connectivity index (χ1v) is 6.09. The molecule has 2 rings (SSSR count). The largest absolute Gasteiger partial charge is 0.378 e. The van der Waals surface area contributed by atoms with Crippen LogP contribution in [0.5, 0.6) is 0 Å². The van der Waals surface area contributed by atoms with Crippen LogP contribution in [0, 0.1) is 0 Å². The molecular weight excluding hydrogens is 242 g/mol. The minimum absolute atomic E-state index is 0.0575. The highest BCUT2D eigenvalue weighted by Crippen LogP contribution is 2.15. The average Bonchev–Trinajstić information content (AvgIpc) is 2.39. The van der Waals surface area contributed by atoms with Gasteiger partial charge in [-0.2, -0.15) is 0 Å². The summed E-state index contributed by atoms with van der Waals surface area (Å²) in [4.78, 5) is 18.5. The van der Waals surface area contributed by atoms with Crippen molar-refractivity contribution in [3.8, 4) is 0 Å². The Bertz CT molecular complexity index is 581. The fraction of sp³-hybridized carbons (Fsp3) is 0.286. The van der Waals surface area contributed by atoms with E-state index < -0.39 is 0 Å². The first-order chi connectivity index (χ1) is 9.19. The average molecular weight is 259 g/mol. The SMILES string of the molecule is COCc1cc(=O)[nH]c(NC(C)c2ccccc2)n1. The van der Waals surface area contributed by atoms with Crippen LogP contribution in [0.25, 0.3) is 0 Å². The lowest BCUT2D eigenvalue weighted by atomic mass is 10.1. The third-order valence-corrected chi connectivity index (χ3v) is 2.74. The van der Waals surface area contributed by atoms with Gasteiger partial charge in [-0.3, -0.25) is 9.78 Å². The van der Waals surface area contributed by atoms with Gasteiger partial charge in [0.1, 0.15) is 0 Å². The normalized spacial score (nSPS) is 12.1. The van der Waals surface area contributed by atoms with Gasteiger partial charge in [-0.15, -0.1) is 0 Å². The smallest absolute Gasteiger partial charge is 0.252 e. The Labute approximate surface area is 111 Å². The predicted octanol–water partition coefficient (Wildman–Crippen LogP) is 2.09. The van der Waals surface area contributed by atoms with Crippen LogP contribution in [0.2, 0.25) is 0 Å². The van der Waals surface area contributed by atoms with Gasteiger partial charge in [-0.25, -0.2) is 4.98 Å². The highest BCUT2D eigenvalue weighted by Gasteiger charge is 2.07. The van der Waals surface area contributed by atoms with Crippen molar-refractivity contribution >= 4 is 5.95 Å². The molecule has 0 spiro atoms. The first kappa shape index (κ1) is 13.3. The fourth-order valence-corrected chi connectivity index (χ4v) is 1.83. The molecule has 5 heteroatoms. The lowest BCUT2D eigenvalue weighted by Gasteiger charge is -2.14. The highest BCUT2D eigenvalue weighted by molar-refractivity contribution is 5.31. The number of methoxy groups -OCH3 is 1. The molecule has 1 heterocycles. The first-order valence-electron chi connectivity index (χ1n) is 6.09. The summed E-state index contributed by atoms with van der Waals surface area (Å²) in [5.41, 5.74) is 1.54. The summed E-state index contributed by atoms with van der Waals surface area (Å²) in [6.45, 7) is 2.33. The summed E-state index contributed by atoms with van der Waals surface area (Å²) in [5, 5.41) is 3.18. The van der Waals surface area contributed by atoms with Crippen molar-refractivity contribution in [1.29, 1.82) is 0 Å². The van der Waals surface area contributed by atoms with Crippen molar-refractivity contribution in [1.82, 2.24) is 9.97 Å².